The average molecular weight is 434 g/mol. The summed E-state index contributed by atoms with van der Waals surface area (Å²) in [7, 11) is 0. The number of hydrogen-bond acceptors (Lipinski definition) is 4. The molecule has 1 atom stereocenters. The van der Waals surface area contributed by atoms with Crippen molar-refractivity contribution in [3.8, 4) is 0 Å². The minimum absolute atomic E-state index is 0.208. The fraction of sp³-hybridized carbons (Fsp3) is 0.625. The van der Waals surface area contributed by atoms with Gasteiger partial charge in [-0.05, 0) is 46.1 Å². The van der Waals surface area contributed by atoms with Gasteiger partial charge in [0.05, 0.1) is 0 Å². The summed E-state index contributed by atoms with van der Waals surface area (Å²) in [5.41, 5.74) is 1.11. The largest absolute Gasteiger partial charge is 0.444 e. The zero-order valence-electron chi connectivity index (χ0n) is 19.9. The van der Waals surface area contributed by atoms with Crippen LogP contribution in [0.25, 0.3) is 0 Å². The molecule has 0 aliphatic carbocycles. The molecule has 2 N–H and O–H groups in total. The highest BCUT2D eigenvalue weighted by Gasteiger charge is 2.31. The third kappa shape index (κ3) is 9.85. The van der Waals surface area contributed by atoms with E-state index in [4.69, 9.17) is 4.74 Å². The first-order valence-corrected chi connectivity index (χ1v) is 11.2. The molecule has 0 aliphatic heterocycles. The highest BCUT2D eigenvalue weighted by molar-refractivity contribution is 5.90. The van der Waals surface area contributed by atoms with Crippen LogP contribution >= 0.6 is 0 Å². The third-order valence-electron chi connectivity index (χ3n) is 4.57. The molecule has 31 heavy (non-hydrogen) atoms. The highest BCUT2D eigenvalue weighted by Crippen LogP contribution is 2.23. The van der Waals surface area contributed by atoms with Gasteiger partial charge in [0, 0.05) is 13.1 Å². The number of carbonyl (C=O) groups excluding carboxylic acids is 3. The summed E-state index contributed by atoms with van der Waals surface area (Å²) in [5, 5.41) is 5.49. The van der Waals surface area contributed by atoms with E-state index >= 15 is 0 Å². The van der Waals surface area contributed by atoms with Gasteiger partial charge in [-0.1, -0.05) is 56.5 Å². The Kier molecular flexibility index (Phi) is 11.1. The fourth-order valence-electron chi connectivity index (χ4n) is 3.20. The van der Waals surface area contributed by atoms with Gasteiger partial charge in [0.15, 0.2) is 0 Å². The van der Waals surface area contributed by atoms with Crippen LogP contribution in [0.4, 0.5) is 4.79 Å². The van der Waals surface area contributed by atoms with Gasteiger partial charge in [-0.2, -0.15) is 0 Å². The Morgan fingerprint density at radius 2 is 1.77 bits per heavy atom. The molecule has 1 rings (SSSR count). The summed E-state index contributed by atoms with van der Waals surface area (Å²) in [6.45, 7) is 12.0. The molecule has 1 unspecified atom stereocenters. The number of hydrogen-bond donors (Lipinski definition) is 2. The molecule has 0 bridgehead atoms. The van der Waals surface area contributed by atoms with E-state index in [0.717, 1.165) is 30.4 Å². The van der Waals surface area contributed by atoms with Gasteiger partial charge in [0.1, 0.15) is 18.2 Å². The van der Waals surface area contributed by atoms with Crippen molar-refractivity contribution in [2.24, 2.45) is 0 Å². The summed E-state index contributed by atoms with van der Waals surface area (Å²) in [5.74, 6) is -0.538. The molecular formula is C24H39N3O4. The van der Waals surface area contributed by atoms with Crippen LogP contribution in [0.3, 0.4) is 0 Å². The topological polar surface area (TPSA) is 87.7 Å². The molecular weight excluding hydrogens is 394 g/mol. The number of nitrogens with zero attached hydrogens (tertiary/aromatic N) is 1. The molecule has 174 valence electrons. The number of ether oxygens (including phenoxy) is 1. The number of rotatable bonds is 11. The number of unbranched alkanes of at least 4 members (excludes halogenated alkanes) is 2. The standard InChI is InChI=1S/C24H39N3O4/c1-7-9-10-14-25-22(29)21(19-13-11-12-18(3)16-19)27(15-8-2)20(28)17-26-23(30)31-24(4,5)6/h11-13,16,21H,7-10,14-15,17H2,1-6H3,(H,25,29)(H,26,30). The molecule has 1 aromatic carbocycles. The van der Waals surface area contributed by atoms with Crippen LogP contribution < -0.4 is 10.6 Å². The van der Waals surface area contributed by atoms with Crippen LogP contribution in [-0.2, 0) is 14.3 Å². The van der Waals surface area contributed by atoms with Crippen LogP contribution in [0.2, 0.25) is 0 Å². The van der Waals surface area contributed by atoms with Crippen molar-refractivity contribution in [3.63, 3.8) is 0 Å². The third-order valence-corrected chi connectivity index (χ3v) is 4.57. The maximum atomic E-state index is 13.1. The lowest BCUT2D eigenvalue weighted by atomic mass is 10.0. The number of amides is 3. The molecule has 0 saturated heterocycles. The number of benzene rings is 1. The van der Waals surface area contributed by atoms with Gasteiger partial charge in [0.2, 0.25) is 11.8 Å². The van der Waals surface area contributed by atoms with Gasteiger partial charge >= 0.3 is 6.09 Å². The van der Waals surface area contributed by atoms with E-state index in [9.17, 15) is 14.4 Å². The summed E-state index contributed by atoms with van der Waals surface area (Å²) >= 11 is 0. The van der Waals surface area contributed by atoms with E-state index < -0.39 is 17.7 Å². The van der Waals surface area contributed by atoms with E-state index in [1.54, 1.807) is 25.7 Å². The van der Waals surface area contributed by atoms with Crippen LogP contribution in [-0.4, -0.2) is 48.0 Å². The SMILES string of the molecule is CCCCCNC(=O)C(c1cccc(C)c1)N(CCC)C(=O)CNC(=O)OC(C)(C)C. The lowest BCUT2D eigenvalue weighted by molar-refractivity contribution is -0.140. The molecule has 0 heterocycles. The van der Waals surface area contributed by atoms with Crippen molar-refractivity contribution in [2.45, 2.75) is 78.9 Å². The number of alkyl carbamates (subject to hydrolysis) is 1. The van der Waals surface area contributed by atoms with Gasteiger partial charge in [-0.15, -0.1) is 0 Å². The van der Waals surface area contributed by atoms with Crippen LogP contribution in [0, 0.1) is 6.92 Å². The summed E-state index contributed by atoms with van der Waals surface area (Å²) in [6, 6.07) is 6.87. The second-order valence-electron chi connectivity index (χ2n) is 8.76. The van der Waals surface area contributed by atoms with Crippen molar-refractivity contribution >= 4 is 17.9 Å². The monoisotopic (exact) mass is 433 g/mol. The minimum atomic E-state index is -0.755. The van der Waals surface area contributed by atoms with E-state index in [-0.39, 0.29) is 18.4 Å². The molecule has 0 saturated carbocycles. The first-order valence-electron chi connectivity index (χ1n) is 11.2. The van der Waals surface area contributed by atoms with E-state index in [1.165, 1.54) is 0 Å². The van der Waals surface area contributed by atoms with Crippen LogP contribution in [0.5, 0.6) is 0 Å². The van der Waals surface area contributed by atoms with Gasteiger partial charge in [-0.3, -0.25) is 9.59 Å². The highest BCUT2D eigenvalue weighted by atomic mass is 16.6. The average Bonchev–Trinajstić information content (AvgIpc) is 2.68. The lowest BCUT2D eigenvalue weighted by Crippen LogP contribution is -2.48. The zero-order chi connectivity index (χ0) is 23.4. The fourth-order valence-corrected chi connectivity index (χ4v) is 3.20. The van der Waals surface area contributed by atoms with Crippen molar-refractivity contribution in [2.75, 3.05) is 19.6 Å². The number of aryl methyl sites for hydroxylation is 1. The predicted octanol–water partition coefficient (Wildman–Crippen LogP) is 4.11. The molecule has 7 heteroatoms. The first-order chi connectivity index (χ1) is 14.6. The Morgan fingerprint density at radius 1 is 1.06 bits per heavy atom. The van der Waals surface area contributed by atoms with Crippen molar-refractivity contribution < 1.29 is 19.1 Å². The molecule has 0 radical (unpaired) electrons. The number of carbonyl (C=O) groups is 3. The Labute approximate surface area is 186 Å². The second kappa shape index (κ2) is 13.0. The molecule has 0 aromatic heterocycles. The molecule has 3 amide bonds. The zero-order valence-corrected chi connectivity index (χ0v) is 19.9. The Hall–Kier alpha value is -2.57. The van der Waals surface area contributed by atoms with Crippen molar-refractivity contribution in [1.82, 2.24) is 15.5 Å². The minimum Gasteiger partial charge on any atom is -0.444 e. The Balaban J connectivity index is 3.04. The molecule has 7 nitrogen and oxygen atoms in total. The van der Waals surface area contributed by atoms with Gasteiger partial charge < -0.3 is 20.3 Å². The summed E-state index contributed by atoms with van der Waals surface area (Å²) in [6.07, 6.45) is 3.02. The van der Waals surface area contributed by atoms with Crippen LogP contribution in [0.15, 0.2) is 24.3 Å². The number of nitrogens with one attached hydrogen (secondary N) is 2. The quantitative estimate of drug-likeness (QED) is 0.514. The summed E-state index contributed by atoms with van der Waals surface area (Å²) < 4.78 is 5.21. The van der Waals surface area contributed by atoms with E-state index in [1.807, 2.05) is 38.1 Å². The summed E-state index contributed by atoms with van der Waals surface area (Å²) in [4.78, 5) is 39.7. The van der Waals surface area contributed by atoms with E-state index in [2.05, 4.69) is 17.6 Å². The lowest BCUT2D eigenvalue weighted by Gasteiger charge is -2.31. The maximum Gasteiger partial charge on any atom is 0.408 e. The predicted molar refractivity (Wildman–Crippen MR) is 123 cm³/mol. The van der Waals surface area contributed by atoms with Gasteiger partial charge in [0.25, 0.3) is 0 Å². The second-order valence-corrected chi connectivity index (χ2v) is 8.76. The van der Waals surface area contributed by atoms with Crippen molar-refractivity contribution in [1.29, 1.82) is 0 Å². The van der Waals surface area contributed by atoms with Gasteiger partial charge in [-0.25, -0.2) is 4.79 Å². The van der Waals surface area contributed by atoms with Crippen molar-refractivity contribution in [3.05, 3.63) is 35.4 Å². The Bertz CT molecular complexity index is 728. The molecule has 0 fully saturated rings. The Morgan fingerprint density at radius 3 is 2.35 bits per heavy atom. The maximum absolute atomic E-state index is 13.1. The normalized spacial score (nSPS) is 12.1. The van der Waals surface area contributed by atoms with Crippen LogP contribution in [0.1, 0.15) is 77.5 Å². The molecule has 1 aromatic rings. The molecule has 0 spiro atoms. The van der Waals surface area contributed by atoms with E-state index in [0.29, 0.717) is 19.5 Å². The smallest absolute Gasteiger partial charge is 0.408 e. The molecule has 0 aliphatic rings. The first kappa shape index (κ1) is 26.5.